The number of hydrogen-bond donors (Lipinski definition) is 0. The number of benzene rings is 1. The van der Waals surface area contributed by atoms with Gasteiger partial charge in [0.2, 0.25) is 0 Å². The smallest absolute Gasteiger partial charge is 0.325 e. The molecule has 0 saturated carbocycles. The van der Waals surface area contributed by atoms with E-state index in [1.54, 1.807) is 6.92 Å². The lowest BCUT2D eigenvalue weighted by Crippen LogP contribution is -2.33. The third-order valence-electron chi connectivity index (χ3n) is 2.18. The van der Waals surface area contributed by atoms with Crippen LogP contribution in [0.4, 0.5) is 8.78 Å². The van der Waals surface area contributed by atoms with Gasteiger partial charge in [-0.05, 0) is 25.1 Å². The Bertz CT molecular complexity index is 463. The molecule has 18 heavy (non-hydrogen) atoms. The number of hydrogen-bond acceptors (Lipinski definition) is 3. The number of carbonyl (C=O) groups excluding carboxylic acids is 2. The zero-order valence-corrected chi connectivity index (χ0v) is 10.1. The molecule has 0 aliphatic carbocycles. The SMILES string of the molecule is CCOC(=O)CN(C)C(=O)c1ccc(F)c(F)c1. The minimum Gasteiger partial charge on any atom is -0.465 e. The average Bonchev–Trinajstić information content (AvgIpc) is 2.32. The summed E-state index contributed by atoms with van der Waals surface area (Å²) in [5.41, 5.74) is -0.0271. The second-order valence-electron chi connectivity index (χ2n) is 3.60. The maximum Gasteiger partial charge on any atom is 0.325 e. The van der Waals surface area contributed by atoms with Gasteiger partial charge in [-0.3, -0.25) is 9.59 Å². The van der Waals surface area contributed by atoms with Crippen molar-refractivity contribution in [2.45, 2.75) is 6.92 Å². The zero-order chi connectivity index (χ0) is 13.7. The zero-order valence-electron chi connectivity index (χ0n) is 10.1. The van der Waals surface area contributed by atoms with Gasteiger partial charge in [-0.1, -0.05) is 0 Å². The van der Waals surface area contributed by atoms with Crippen LogP contribution >= 0.6 is 0 Å². The van der Waals surface area contributed by atoms with Gasteiger partial charge in [0.25, 0.3) is 5.91 Å². The molecular formula is C12H13F2NO3. The molecule has 0 N–H and O–H groups in total. The van der Waals surface area contributed by atoms with Gasteiger partial charge in [-0.2, -0.15) is 0 Å². The van der Waals surface area contributed by atoms with E-state index in [2.05, 4.69) is 4.74 Å². The molecular weight excluding hydrogens is 244 g/mol. The van der Waals surface area contributed by atoms with Gasteiger partial charge in [0.05, 0.1) is 6.61 Å². The predicted octanol–water partition coefficient (Wildman–Crippen LogP) is 1.60. The van der Waals surface area contributed by atoms with Crippen LogP contribution in [0.5, 0.6) is 0 Å². The summed E-state index contributed by atoms with van der Waals surface area (Å²) in [6.07, 6.45) is 0. The first-order valence-electron chi connectivity index (χ1n) is 5.31. The maximum atomic E-state index is 12.9. The van der Waals surface area contributed by atoms with Crippen LogP contribution in [0.1, 0.15) is 17.3 Å². The Kier molecular flexibility index (Phi) is 4.76. The standard InChI is InChI=1S/C12H13F2NO3/c1-3-18-11(16)7-15(2)12(17)8-4-5-9(13)10(14)6-8/h4-6H,3,7H2,1-2H3. The van der Waals surface area contributed by atoms with Crippen LogP contribution in [-0.2, 0) is 9.53 Å². The third-order valence-corrected chi connectivity index (χ3v) is 2.18. The first kappa shape index (κ1) is 14.1. The lowest BCUT2D eigenvalue weighted by atomic mass is 10.2. The Morgan fingerprint density at radius 3 is 2.50 bits per heavy atom. The van der Waals surface area contributed by atoms with Crippen LogP contribution in [0.25, 0.3) is 0 Å². The van der Waals surface area contributed by atoms with Crippen molar-refractivity contribution >= 4 is 11.9 Å². The van der Waals surface area contributed by atoms with Crippen molar-refractivity contribution in [3.05, 3.63) is 35.4 Å². The summed E-state index contributed by atoms with van der Waals surface area (Å²) in [5.74, 6) is -3.28. The summed E-state index contributed by atoms with van der Waals surface area (Å²) in [6.45, 7) is 1.62. The predicted molar refractivity (Wildman–Crippen MR) is 60.0 cm³/mol. The Morgan fingerprint density at radius 2 is 1.94 bits per heavy atom. The molecule has 0 spiro atoms. The number of halogens is 2. The normalized spacial score (nSPS) is 10.0. The highest BCUT2D eigenvalue weighted by atomic mass is 19.2. The molecule has 0 aliphatic rings. The lowest BCUT2D eigenvalue weighted by molar-refractivity contribution is -0.143. The number of carbonyl (C=O) groups is 2. The van der Waals surface area contributed by atoms with Crippen LogP contribution in [0.15, 0.2) is 18.2 Å². The largest absolute Gasteiger partial charge is 0.465 e. The van der Waals surface area contributed by atoms with Gasteiger partial charge in [-0.15, -0.1) is 0 Å². The van der Waals surface area contributed by atoms with Crippen LogP contribution < -0.4 is 0 Å². The van der Waals surface area contributed by atoms with E-state index in [-0.39, 0.29) is 18.7 Å². The molecule has 6 heteroatoms. The molecule has 0 unspecified atom stereocenters. The lowest BCUT2D eigenvalue weighted by Gasteiger charge is -2.16. The first-order chi connectivity index (χ1) is 8.45. The summed E-state index contributed by atoms with van der Waals surface area (Å²) in [7, 11) is 1.38. The number of ether oxygens (including phenoxy) is 1. The highest BCUT2D eigenvalue weighted by Gasteiger charge is 2.16. The average molecular weight is 257 g/mol. The fourth-order valence-electron chi connectivity index (χ4n) is 1.32. The molecule has 0 radical (unpaired) electrons. The van der Waals surface area contributed by atoms with Gasteiger partial charge >= 0.3 is 5.97 Å². The summed E-state index contributed by atoms with van der Waals surface area (Å²) < 4.78 is 30.3. The van der Waals surface area contributed by atoms with Crippen molar-refractivity contribution in [3.8, 4) is 0 Å². The number of rotatable bonds is 4. The Morgan fingerprint density at radius 1 is 1.28 bits per heavy atom. The quantitative estimate of drug-likeness (QED) is 0.770. The molecule has 1 aromatic carbocycles. The minimum atomic E-state index is -1.11. The van der Waals surface area contributed by atoms with Gasteiger partial charge in [0.1, 0.15) is 6.54 Å². The van der Waals surface area contributed by atoms with E-state index < -0.39 is 23.5 Å². The van der Waals surface area contributed by atoms with Crippen molar-refractivity contribution < 1.29 is 23.1 Å². The summed E-state index contributed by atoms with van der Waals surface area (Å²) in [4.78, 5) is 24.0. The van der Waals surface area contributed by atoms with E-state index in [0.717, 1.165) is 23.1 Å². The number of amides is 1. The Balaban J connectivity index is 2.74. The minimum absolute atomic E-state index is 0.0271. The van der Waals surface area contributed by atoms with Crippen molar-refractivity contribution in [2.24, 2.45) is 0 Å². The number of nitrogens with zero attached hydrogens (tertiary/aromatic N) is 1. The number of esters is 1. The van der Waals surface area contributed by atoms with Crippen molar-refractivity contribution in [2.75, 3.05) is 20.2 Å². The maximum absolute atomic E-state index is 12.9. The second kappa shape index (κ2) is 6.09. The van der Waals surface area contributed by atoms with Crippen LogP contribution in [-0.4, -0.2) is 37.0 Å². The molecule has 0 fully saturated rings. The van der Waals surface area contributed by atoms with E-state index in [0.29, 0.717) is 0 Å². The van der Waals surface area contributed by atoms with Gasteiger partial charge < -0.3 is 9.64 Å². The molecule has 1 amide bonds. The van der Waals surface area contributed by atoms with E-state index in [1.807, 2.05) is 0 Å². The van der Waals surface area contributed by atoms with E-state index in [4.69, 9.17) is 0 Å². The van der Waals surface area contributed by atoms with Gasteiger partial charge in [0, 0.05) is 12.6 Å². The molecule has 0 bridgehead atoms. The molecule has 98 valence electrons. The van der Waals surface area contributed by atoms with Gasteiger partial charge in [0.15, 0.2) is 11.6 Å². The highest BCUT2D eigenvalue weighted by molar-refractivity contribution is 5.95. The topological polar surface area (TPSA) is 46.6 Å². The molecule has 1 aromatic rings. The molecule has 0 heterocycles. The molecule has 4 nitrogen and oxygen atoms in total. The third kappa shape index (κ3) is 3.51. The highest BCUT2D eigenvalue weighted by Crippen LogP contribution is 2.10. The van der Waals surface area contributed by atoms with Crippen molar-refractivity contribution in [1.29, 1.82) is 0 Å². The Labute approximate surface area is 103 Å². The summed E-state index contributed by atoms with van der Waals surface area (Å²) in [5, 5.41) is 0. The second-order valence-corrected chi connectivity index (χ2v) is 3.60. The van der Waals surface area contributed by atoms with Crippen LogP contribution in [0.2, 0.25) is 0 Å². The first-order valence-corrected chi connectivity index (χ1v) is 5.31. The van der Waals surface area contributed by atoms with Crippen molar-refractivity contribution in [3.63, 3.8) is 0 Å². The fourth-order valence-corrected chi connectivity index (χ4v) is 1.32. The summed E-state index contributed by atoms with van der Waals surface area (Å²) in [6, 6.07) is 2.81. The molecule has 0 saturated heterocycles. The molecule has 0 atom stereocenters. The Hall–Kier alpha value is -1.98. The fraction of sp³-hybridized carbons (Fsp3) is 0.333. The van der Waals surface area contributed by atoms with Crippen molar-refractivity contribution in [1.82, 2.24) is 4.90 Å². The van der Waals surface area contributed by atoms with E-state index >= 15 is 0 Å². The van der Waals surface area contributed by atoms with E-state index in [1.165, 1.54) is 7.05 Å². The monoisotopic (exact) mass is 257 g/mol. The number of likely N-dealkylation sites (N-methyl/N-ethyl adjacent to an activating group) is 1. The summed E-state index contributed by atoms with van der Waals surface area (Å²) >= 11 is 0. The molecule has 1 rings (SSSR count). The molecule has 0 aromatic heterocycles. The van der Waals surface area contributed by atoms with Gasteiger partial charge in [-0.25, -0.2) is 8.78 Å². The van der Waals surface area contributed by atoms with Crippen LogP contribution in [0.3, 0.4) is 0 Å². The van der Waals surface area contributed by atoms with E-state index in [9.17, 15) is 18.4 Å². The molecule has 0 aliphatic heterocycles. The van der Waals surface area contributed by atoms with Crippen LogP contribution in [0, 0.1) is 11.6 Å².